The number of carbonyl (C=O) groups excluding carboxylic acids is 2. The Kier molecular flexibility index (Phi) is 5.84. The third kappa shape index (κ3) is 3.82. The van der Waals surface area contributed by atoms with E-state index in [0.717, 1.165) is 29.8 Å². The molecule has 2 aromatic rings. The van der Waals surface area contributed by atoms with Gasteiger partial charge >= 0.3 is 5.97 Å². The number of hydrogen-bond acceptors (Lipinski definition) is 4. The quantitative estimate of drug-likeness (QED) is 0.716. The van der Waals surface area contributed by atoms with E-state index < -0.39 is 5.92 Å². The summed E-state index contributed by atoms with van der Waals surface area (Å²) in [5.74, 6) is -0.501. The van der Waals surface area contributed by atoms with Crippen LogP contribution in [0, 0.1) is 0 Å². The van der Waals surface area contributed by atoms with E-state index in [1.165, 1.54) is 5.56 Å². The summed E-state index contributed by atoms with van der Waals surface area (Å²) >= 11 is 0. The van der Waals surface area contributed by atoms with Crippen molar-refractivity contribution in [1.29, 1.82) is 0 Å². The highest BCUT2D eigenvalue weighted by Gasteiger charge is 2.41. The van der Waals surface area contributed by atoms with E-state index in [4.69, 9.17) is 4.74 Å². The molecule has 0 saturated carbocycles. The first-order chi connectivity index (χ1) is 14.6. The number of benzene rings is 2. The van der Waals surface area contributed by atoms with Crippen molar-refractivity contribution in [3.63, 3.8) is 0 Å². The molecule has 0 spiro atoms. The Morgan fingerprint density at radius 3 is 2.27 bits per heavy atom. The smallest absolute Gasteiger partial charge is 0.336 e. The van der Waals surface area contributed by atoms with Gasteiger partial charge in [-0.05, 0) is 36.8 Å². The van der Waals surface area contributed by atoms with Crippen LogP contribution in [0.2, 0.25) is 0 Å². The SMILES string of the molecule is CCCOC(=O)C1=C(C)NC2=C(C(=O)CC(c3ccccc3)C2)C1c1ccccc1. The fraction of sp³-hybridized carbons (Fsp3) is 0.308. The van der Waals surface area contributed by atoms with Crippen LogP contribution in [0.15, 0.2) is 83.2 Å². The van der Waals surface area contributed by atoms with Gasteiger partial charge in [-0.15, -0.1) is 0 Å². The summed E-state index contributed by atoms with van der Waals surface area (Å²) in [5, 5.41) is 3.39. The second kappa shape index (κ2) is 8.70. The van der Waals surface area contributed by atoms with Crippen LogP contribution in [0.5, 0.6) is 0 Å². The molecule has 1 N–H and O–H groups in total. The molecule has 1 heterocycles. The van der Waals surface area contributed by atoms with Crippen molar-refractivity contribution in [2.75, 3.05) is 6.61 Å². The molecule has 154 valence electrons. The predicted octanol–water partition coefficient (Wildman–Crippen LogP) is 5.00. The Morgan fingerprint density at radius 1 is 1.00 bits per heavy atom. The molecule has 0 radical (unpaired) electrons. The minimum Gasteiger partial charge on any atom is -0.462 e. The summed E-state index contributed by atoms with van der Waals surface area (Å²) in [6.07, 6.45) is 1.96. The van der Waals surface area contributed by atoms with Gasteiger partial charge in [0.1, 0.15) is 0 Å². The largest absolute Gasteiger partial charge is 0.462 e. The topological polar surface area (TPSA) is 55.4 Å². The van der Waals surface area contributed by atoms with E-state index in [0.29, 0.717) is 24.2 Å². The number of ketones is 1. The monoisotopic (exact) mass is 401 g/mol. The predicted molar refractivity (Wildman–Crippen MR) is 117 cm³/mol. The van der Waals surface area contributed by atoms with Crippen molar-refractivity contribution in [2.24, 2.45) is 0 Å². The Balaban J connectivity index is 1.76. The number of carbonyl (C=O) groups is 2. The van der Waals surface area contributed by atoms with Crippen molar-refractivity contribution >= 4 is 11.8 Å². The van der Waals surface area contributed by atoms with Crippen LogP contribution < -0.4 is 5.32 Å². The van der Waals surface area contributed by atoms with Gasteiger partial charge in [-0.2, -0.15) is 0 Å². The second-order valence-corrected chi connectivity index (χ2v) is 7.97. The number of dihydropyridines is 1. The zero-order chi connectivity index (χ0) is 21.1. The molecule has 30 heavy (non-hydrogen) atoms. The molecular formula is C26H27NO3. The lowest BCUT2D eigenvalue weighted by molar-refractivity contribution is -0.139. The molecule has 1 aliphatic carbocycles. The van der Waals surface area contributed by atoms with E-state index >= 15 is 0 Å². The number of esters is 1. The first-order valence-electron chi connectivity index (χ1n) is 10.6. The number of rotatable bonds is 5. The maximum atomic E-state index is 13.4. The van der Waals surface area contributed by atoms with Gasteiger partial charge in [-0.25, -0.2) is 4.79 Å². The third-order valence-electron chi connectivity index (χ3n) is 5.89. The van der Waals surface area contributed by atoms with Gasteiger partial charge in [0.25, 0.3) is 0 Å². The number of nitrogens with one attached hydrogen (secondary N) is 1. The summed E-state index contributed by atoms with van der Waals surface area (Å²) in [7, 11) is 0. The van der Waals surface area contributed by atoms with Gasteiger partial charge < -0.3 is 10.1 Å². The molecule has 4 nitrogen and oxygen atoms in total. The molecule has 4 rings (SSSR count). The molecule has 2 aliphatic rings. The lowest BCUT2D eigenvalue weighted by Crippen LogP contribution is -2.36. The lowest BCUT2D eigenvalue weighted by Gasteiger charge is -2.36. The molecule has 2 unspecified atom stereocenters. The molecule has 2 atom stereocenters. The van der Waals surface area contributed by atoms with Crippen LogP contribution in [0.25, 0.3) is 0 Å². The summed E-state index contributed by atoms with van der Waals surface area (Å²) in [4.78, 5) is 26.4. The highest BCUT2D eigenvalue weighted by molar-refractivity contribution is 6.04. The molecule has 0 saturated heterocycles. The molecular weight excluding hydrogens is 374 g/mol. The molecule has 4 heteroatoms. The van der Waals surface area contributed by atoms with Crippen molar-refractivity contribution in [1.82, 2.24) is 5.32 Å². The van der Waals surface area contributed by atoms with Gasteiger partial charge in [0.15, 0.2) is 5.78 Å². The Morgan fingerprint density at radius 2 is 1.63 bits per heavy atom. The number of Topliss-reactive ketones (excluding diaryl/α,β-unsaturated/α-hetero) is 1. The average molecular weight is 402 g/mol. The van der Waals surface area contributed by atoms with Gasteiger partial charge in [-0.3, -0.25) is 4.79 Å². The number of allylic oxidation sites excluding steroid dienone is 3. The zero-order valence-electron chi connectivity index (χ0n) is 17.5. The van der Waals surface area contributed by atoms with Crippen LogP contribution in [0.4, 0.5) is 0 Å². The first kappa shape index (κ1) is 20.1. The normalized spacial score (nSPS) is 21.2. The maximum Gasteiger partial charge on any atom is 0.336 e. The van der Waals surface area contributed by atoms with Crippen LogP contribution >= 0.6 is 0 Å². The van der Waals surface area contributed by atoms with Gasteiger partial charge in [0.2, 0.25) is 0 Å². The van der Waals surface area contributed by atoms with E-state index in [2.05, 4.69) is 17.4 Å². The molecule has 1 aliphatic heterocycles. The van der Waals surface area contributed by atoms with Crippen molar-refractivity contribution in [3.8, 4) is 0 Å². The Hall–Kier alpha value is -3.14. The highest BCUT2D eigenvalue weighted by Crippen LogP contribution is 2.45. The van der Waals surface area contributed by atoms with E-state index in [-0.39, 0.29) is 17.7 Å². The molecule has 0 amide bonds. The fourth-order valence-corrected chi connectivity index (χ4v) is 4.52. The van der Waals surface area contributed by atoms with Crippen molar-refractivity contribution < 1.29 is 14.3 Å². The first-order valence-corrected chi connectivity index (χ1v) is 10.6. The van der Waals surface area contributed by atoms with Gasteiger partial charge in [-0.1, -0.05) is 67.6 Å². The summed E-state index contributed by atoms with van der Waals surface area (Å²) in [6, 6.07) is 20.0. The lowest BCUT2D eigenvalue weighted by atomic mass is 9.72. The zero-order valence-corrected chi connectivity index (χ0v) is 17.5. The maximum absolute atomic E-state index is 13.4. The molecule has 0 bridgehead atoms. The minimum absolute atomic E-state index is 0.0970. The summed E-state index contributed by atoms with van der Waals surface area (Å²) < 4.78 is 5.49. The molecule has 2 aromatic carbocycles. The van der Waals surface area contributed by atoms with Crippen LogP contribution in [-0.4, -0.2) is 18.4 Å². The summed E-state index contributed by atoms with van der Waals surface area (Å²) in [6.45, 7) is 4.24. The average Bonchev–Trinajstić information content (AvgIpc) is 2.77. The van der Waals surface area contributed by atoms with Crippen LogP contribution in [-0.2, 0) is 14.3 Å². The molecule has 0 aromatic heterocycles. The van der Waals surface area contributed by atoms with E-state index in [1.807, 2.05) is 62.4 Å². The van der Waals surface area contributed by atoms with Crippen LogP contribution in [0.3, 0.4) is 0 Å². The molecule has 0 fully saturated rings. The number of hydrogen-bond donors (Lipinski definition) is 1. The minimum atomic E-state index is -0.393. The Bertz CT molecular complexity index is 1010. The third-order valence-corrected chi connectivity index (χ3v) is 5.89. The number of ether oxygens (including phenoxy) is 1. The van der Waals surface area contributed by atoms with Crippen molar-refractivity contribution in [3.05, 3.63) is 94.3 Å². The van der Waals surface area contributed by atoms with E-state index in [9.17, 15) is 9.59 Å². The van der Waals surface area contributed by atoms with Gasteiger partial charge in [0.05, 0.1) is 12.2 Å². The van der Waals surface area contributed by atoms with Crippen molar-refractivity contribution in [2.45, 2.75) is 44.9 Å². The Labute approximate surface area is 177 Å². The second-order valence-electron chi connectivity index (χ2n) is 7.97. The highest BCUT2D eigenvalue weighted by atomic mass is 16.5. The standard InChI is InChI=1S/C26H27NO3/c1-3-14-30-26(29)23-17(2)27-21-15-20(18-10-6-4-7-11-18)16-22(28)25(21)24(23)19-12-8-5-9-13-19/h4-13,20,24,27H,3,14-16H2,1-2H3. The fourth-order valence-electron chi connectivity index (χ4n) is 4.52. The summed E-state index contributed by atoms with van der Waals surface area (Å²) in [5.41, 5.74) is 5.07. The van der Waals surface area contributed by atoms with E-state index in [1.54, 1.807) is 0 Å². The van der Waals surface area contributed by atoms with Crippen LogP contribution in [0.1, 0.15) is 56.1 Å². The van der Waals surface area contributed by atoms with Gasteiger partial charge in [0, 0.05) is 29.3 Å².